The van der Waals surface area contributed by atoms with E-state index in [0.717, 1.165) is 11.3 Å². The van der Waals surface area contributed by atoms with Crippen LogP contribution in [0.5, 0.6) is 0 Å². The first kappa shape index (κ1) is 10.4. The molecular weight excluding hydrogens is 198 g/mol. The Kier molecular flexibility index (Phi) is 3.34. The first-order valence-electron chi connectivity index (χ1n) is 5.10. The molecule has 2 nitrogen and oxygen atoms in total. The fraction of sp³-hybridized carbons (Fsp3) is 0. The highest BCUT2D eigenvalue weighted by molar-refractivity contribution is 5.99. The molecule has 1 radical (unpaired) electrons. The van der Waals surface area contributed by atoms with Gasteiger partial charge in [-0.1, -0.05) is 48.5 Å². The van der Waals surface area contributed by atoms with Crippen LogP contribution in [0.25, 0.3) is 0 Å². The number of hydrogen-bond acceptors (Lipinski definition) is 1. The van der Waals surface area contributed by atoms with E-state index in [0.29, 0.717) is 0 Å². The summed E-state index contributed by atoms with van der Waals surface area (Å²) in [6, 6.07) is 18.9. The lowest BCUT2D eigenvalue weighted by atomic mass is 10.1. The van der Waals surface area contributed by atoms with Gasteiger partial charge >= 0.3 is 0 Å². The van der Waals surface area contributed by atoms with E-state index < -0.39 is 0 Å². The average molecular weight is 210 g/mol. The van der Waals surface area contributed by atoms with E-state index in [1.807, 2.05) is 60.7 Å². The summed E-state index contributed by atoms with van der Waals surface area (Å²) in [5.41, 5.74) is 1.70. The minimum absolute atomic E-state index is 0.114. The standard InChI is InChI=1S/C14H12NO/c16-14(11-12-7-3-1-4-8-12)15-13-9-5-2-6-10-13/h1-11H,(H,15,16). The lowest BCUT2D eigenvalue weighted by molar-refractivity contribution is -0.112. The van der Waals surface area contributed by atoms with Gasteiger partial charge in [0, 0.05) is 5.69 Å². The molecule has 0 heterocycles. The lowest BCUT2D eigenvalue weighted by Crippen LogP contribution is -2.12. The van der Waals surface area contributed by atoms with Crippen LogP contribution in [0.4, 0.5) is 5.69 Å². The fourth-order valence-corrected chi connectivity index (χ4v) is 1.40. The number of anilines is 1. The Balaban J connectivity index is 1.95. The molecule has 0 bridgehead atoms. The van der Waals surface area contributed by atoms with Gasteiger partial charge in [-0.15, -0.1) is 0 Å². The van der Waals surface area contributed by atoms with E-state index in [2.05, 4.69) is 5.32 Å². The van der Waals surface area contributed by atoms with Crippen molar-refractivity contribution in [1.82, 2.24) is 0 Å². The molecule has 0 unspecified atom stereocenters. The van der Waals surface area contributed by atoms with Crippen molar-refractivity contribution in [3.8, 4) is 0 Å². The van der Waals surface area contributed by atoms with Crippen LogP contribution in [0.15, 0.2) is 60.7 Å². The van der Waals surface area contributed by atoms with Gasteiger partial charge in [0.25, 0.3) is 0 Å². The first-order valence-corrected chi connectivity index (χ1v) is 5.10. The van der Waals surface area contributed by atoms with Crippen molar-refractivity contribution >= 4 is 11.6 Å². The topological polar surface area (TPSA) is 29.1 Å². The predicted molar refractivity (Wildman–Crippen MR) is 64.9 cm³/mol. The highest BCUT2D eigenvalue weighted by atomic mass is 16.1. The summed E-state index contributed by atoms with van der Waals surface area (Å²) in [5.74, 6) is -0.114. The van der Waals surface area contributed by atoms with Crippen LogP contribution in [-0.4, -0.2) is 5.91 Å². The quantitative estimate of drug-likeness (QED) is 0.829. The molecule has 0 fully saturated rings. The zero-order chi connectivity index (χ0) is 11.2. The van der Waals surface area contributed by atoms with E-state index in [-0.39, 0.29) is 5.91 Å². The van der Waals surface area contributed by atoms with E-state index in [4.69, 9.17) is 0 Å². The molecule has 0 aliphatic heterocycles. The Morgan fingerprint density at radius 2 is 1.44 bits per heavy atom. The average Bonchev–Trinajstić information content (AvgIpc) is 2.31. The Hall–Kier alpha value is -2.09. The van der Waals surface area contributed by atoms with Crippen molar-refractivity contribution in [3.63, 3.8) is 0 Å². The van der Waals surface area contributed by atoms with Crippen LogP contribution in [-0.2, 0) is 4.79 Å². The third kappa shape index (κ3) is 2.95. The number of nitrogens with one attached hydrogen (secondary N) is 1. The SMILES string of the molecule is O=C([CH]c1ccccc1)Nc1ccccc1. The molecule has 2 aromatic carbocycles. The van der Waals surface area contributed by atoms with Gasteiger partial charge in [-0.05, 0) is 17.7 Å². The monoisotopic (exact) mass is 210 g/mol. The molecule has 1 N–H and O–H groups in total. The van der Waals surface area contributed by atoms with Crippen molar-refractivity contribution in [2.45, 2.75) is 0 Å². The van der Waals surface area contributed by atoms with E-state index >= 15 is 0 Å². The third-order valence-electron chi connectivity index (χ3n) is 2.14. The number of rotatable bonds is 3. The molecule has 16 heavy (non-hydrogen) atoms. The normalized spacial score (nSPS) is 9.75. The fourth-order valence-electron chi connectivity index (χ4n) is 1.40. The summed E-state index contributed by atoms with van der Waals surface area (Å²) in [6.45, 7) is 0. The highest BCUT2D eigenvalue weighted by Crippen LogP contribution is 2.08. The molecule has 0 aliphatic carbocycles. The van der Waals surface area contributed by atoms with Gasteiger partial charge in [0.05, 0.1) is 6.42 Å². The number of amides is 1. The summed E-state index contributed by atoms with van der Waals surface area (Å²) in [7, 11) is 0. The summed E-state index contributed by atoms with van der Waals surface area (Å²) in [6.07, 6.45) is 1.58. The maximum Gasteiger partial charge on any atom is 0.233 e. The van der Waals surface area contributed by atoms with Gasteiger partial charge in [-0.2, -0.15) is 0 Å². The van der Waals surface area contributed by atoms with Gasteiger partial charge in [0.1, 0.15) is 0 Å². The van der Waals surface area contributed by atoms with Crippen LogP contribution in [0.1, 0.15) is 5.56 Å². The summed E-state index contributed by atoms with van der Waals surface area (Å²) < 4.78 is 0. The number of benzene rings is 2. The van der Waals surface area contributed by atoms with Crippen molar-refractivity contribution < 1.29 is 4.79 Å². The Morgan fingerprint density at radius 3 is 2.06 bits per heavy atom. The minimum atomic E-state index is -0.114. The van der Waals surface area contributed by atoms with E-state index in [1.54, 1.807) is 6.42 Å². The number of hydrogen-bond donors (Lipinski definition) is 1. The van der Waals surface area contributed by atoms with Crippen LogP contribution in [0.2, 0.25) is 0 Å². The molecule has 2 aromatic rings. The predicted octanol–water partition coefficient (Wildman–Crippen LogP) is 2.88. The van der Waals surface area contributed by atoms with Gasteiger partial charge in [-0.25, -0.2) is 0 Å². The molecule has 0 saturated heterocycles. The second-order valence-electron chi connectivity index (χ2n) is 3.41. The van der Waals surface area contributed by atoms with Crippen LogP contribution in [0.3, 0.4) is 0 Å². The van der Waals surface area contributed by atoms with Crippen molar-refractivity contribution in [2.75, 3.05) is 5.32 Å². The lowest BCUT2D eigenvalue weighted by Gasteiger charge is -2.04. The molecule has 0 atom stereocenters. The highest BCUT2D eigenvalue weighted by Gasteiger charge is 2.03. The van der Waals surface area contributed by atoms with Crippen LogP contribution in [0, 0.1) is 6.42 Å². The minimum Gasteiger partial charge on any atom is -0.326 e. The van der Waals surface area contributed by atoms with Crippen LogP contribution < -0.4 is 5.32 Å². The molecule has 0 spiro atoms. The second kappa shape index (κ2) is 5.12. The van der Waals surface area contributed by atoms with Crippen molar-refractivity contribution in [2.24, 2.45) is 0 Å². The molecule has 2 heteroatoms. The second-order valence-corrected chi connectivity index (χ2v) is 3.41. The Morgan fingerprint density at radius 1 is 0.875 bits per heavy atom. The summed E-state index contributed by atoms with van der Waals surface area (Å²) >= 11 is 0. The van der Waals surface area contributed by atoms with Crippen molar-refractivity contribution in [1.29, 1.82) is 0 Å². The molecule has 0 aliphatic rings. The number of carbonyl (C=O) groups is 1. The van der Waals surface area contributed by atoms with Gasteiger partial charge in [0.2, 0.25) is 5.91 Å². The molecule has 2 rings (SSSR count). The Bertz CT molecular complexity index is 407. The van der Waals surface area contributed by atoms with Gasteiger partial charge in [0.15, 0.2) is 0 Å². The molecule has 0 aromatic heterocycles. The molecule has 1 amide bonds. The smallest absolute Gasteiger partial charge is 0.233 e. The van der Waals surface area contributed by atoms with Crippen molar-refractivity contribution in [3.05, 3.63) is 72.6 Å². The first-order chi connectivity index (χ1) is 7.84. The summed E-state index contributed by atoms with van der Waals surface area (Å²) in [5, 5.41) is 2.80. The van der Waals surface area contributed by atoms with Gasteiger partial charge < -0.3 is 5.32 Å². The van der Waals surface area contributed by atoms with E-state index in [9.17, 15) is 4.79 Å². The third-order valence-corrected chi connectivity index (χ3v) is 2.14. The van der Waals surface area contributed by atoms with Gasteiger partial charge in [-0.3, -0.25) is 4.79 Å². The largest absolute Gasteiger partial charge is 0.326 e. The van der Waals surface area contributed by atoms with E-state index in [1.165, 1.54) is 0 Å². The Labute approximate surface area is 94.9 Å². The zero-order valence-electron chi connectivity index (χ0n) is 8.76. The summed E-state index contributed by atoms with van der Waals surface area (Å²) in [4.78, 5) is 11.6. The molecule has 0 saturated carbocycles. The maximum atomic E-state index is 11.6. The van der Waals surface area contributed by atoms with Crippen LogP contribution >= 0.6 is 0 Å². The number of carbonyl (C=O) groups excluding carboxylic acids is 1. The maximum absolute atomic E-state index is 11.6. The molecular formula is C14H12NO. The molecule has 79 valence electrons. The zero-order valence-corrected chi connectivity index (χ0v) is 8.76. The number of para-hydroxylation sites is 1.